The van der Waals surface area contributed by atoms with Crippen molar-refractivity contribution in [2.45, 2.75) is 38.2 Å². The zero-order chi connectivity index (χ0) is 21.1. The second-order valence-corrected chi connectivity index (χ2v) is 10.3. The van der Waals surface area contributed by atoms with Crippen LogP contribution in [0.15, 0.2) is 48.7 Å². The van der Waals surface area contributed by atoms with Crippen molar-refractivity contribution >= 4 is 28.6 Å². The van der Waals surface area contributed by atoms with Crippen LogP contribution in [-0.4, -0.2) is 45.4 Å². The number of amides is 1. The molecule has 1 aliphatic rings. The second kappa shape index (κ2) is 8.60. The smallest absolute Gasteiger partial charge is 0.251 e. The van der Waals surface area contributed by atoms with E-state index >= 15 is 0 Å². The lowest BCUT2D eigenvalue weighted by Crippen LogP contribution is -2.33. The zero-order valence-electron chi connectivity index (χ0n) is 17.6. The van der Waals surface area contributed by atoms with Gasteiger partial charge in [-0.2, -0.15) is 16.9 Å². The van der Waals surface area contributed by atoms with Crippen molar-refractivity contribution in [3.8, 4) is 11.5 Å². The van der Waals surface area contributed by atoms with Crippen LogP contribution in [0.3, 0.4) is 0 Å². The summed E-state index contributed by atoms with van der Waals surface area (Å²) in [5, 5.41) is 8.54. The molecule has 1 amide bonds. The van der Waals surface area contributed by atoms with Gasteiger partial charge in [-0.1, -0.05) is 32.9 Å². The Bertz CT molecular complexity index is 1040. The largest absolute Gasteiger partial charge is 0.486 e. The van der Waals surface area contributed by atoms with Crippen LogP contribution in [0.1, 0.15) is 31.1 Å². The Balaban J connectivity index is 1.37. The summed E-state index contributed by atoms with van der Waals surface area (Å²) >= 11 is 1.84. The first-order valence-electron chi connectivity index (χ1n) is 10.2. The molecule has 0 fully saturated rings. The molecule has 0 saturated carbocycles. The van der Waals surface area contributed by atoms with Crippen molar-refractivity contribution < 1.29 is 14.3 Å². The normalized spacial score (nSPS) is 15.9. The molecule has 0 saturated heterocycles. The highest BCUT2D eigenvalue weighted by atomic mass is 32.2. The van der Waals surface area contributed by atoms with Gasteiger partial charge in [-0.3, -0.25) is 9.48 Å². The Morgan fingerprint density at radius 1 is 1.23 bits per heavy atom. The lowest BCUT2D eigenvalue weighted by Gasteiger charge is -2.26. The molecule has 0 bridgehead atoms. The van der Waals surface area contributed by atoms with E-state index in [0.29, 0.717) is 25.3 Å². The molecule has 1 unspecified atom stereocenters. The van der Waals surface area contributed by atoms with Crippen LogP contribution < -0.4 is 14.8 Å². The molecule has 0 spiro atoms. The molecular formula is C23H27N3O3S. The summed E-state index contributed by atoms with van der Waals surface area (Å²) in [6, 6.07) is 13.3. The van der Waals surface area contributed by atoms with Crippen molar-refractivity contribution in [3.63, 3.8) is 0 Å². The number of aromatic nitrogens is 2. The summed E-state index contributed by atoms with van der Waals surface area (Å²) in [6.45, 7) is 8.23. The summed E-state index contributed by atoms with van der Waals surface area (Å²) in [7, 11) is 0. The summed E-state index contributed by atoms with van der Waals surface area (Å²) in [5.41, 5.74) is 1.50. The lowest BCUT2D eigenvalue weighted by molar-refractivity contribution is 0.0760. The minimum Gasteiger partial charge on any atom is -0.486 e. The number of nitrogens with one attached hydrogen (secondary N) is 1. The van der Waals surface area contributed by atoms with Gasteiger partial charge in [0.25, 0.3) is 5.91 Å². The molecule has 1 aromatic heterocycles. The summed E-state index contributed by atoms with van der Waals surface area (Å²) in [4.78, 5) is 12.5. The number of carbonyl (C=O) groups is 1. The first-order chi connectivity index (χ1) is 14.4. The van der Waals surface area contributed by atoms with Gasteiger partial charge < -0.3 is 14.8 Å². The van der Waals surface area contributed by atoms with Gasteiger partial charge in [0.2, 0.25) is 0 Å². The summed E-state index contributed by atoms with van der Waals surface area (Å²) < 4.78 is 13.9. The monoisotopic (exact) mass is 425 g/mol. The average Bonchev–Trinajstić information content (AvgIpc) is 3.11. The van der Waals surface area contributed by atoms with E-state index in [1.54, 1.807) is 0 Å². The van der Waals surface area contributed by atoms with E-state index in [-0.39, 0.29) is 16.8 Å². The third-order valence-electron chi connectivity index (χ3n) is 4.69. The van der Waals surface area contributed by atoms with E-state index in [0.717, 1.165) is 28.2 Å². The first-order valence-corrected chi connectivity index (χ1v) is 11.1. The quantitative estimate of drug-likeness (QED) is 0.602. The molecule has 2 aromatic carbocycles. The number of thioether (sulfide) groups is 1. The van der Waals surface area contributed by atoms with Crippen LogP contribution in [0.5, 0.6) is 11.5 Å². The molecular weight excluding hydrogens is 398 g/mol. The number of hydrogen-bond donors (Lipinski definition) is 1. The minimum absolute atomic E-state index is 0.0558. The first kappa shape index (κ1) is 20.6. The molecule has 3 aromatic rings. The van der Waals surface area contributed by atoms with Crippen LogP contribution in [0, 0.1) is 0 Å². The Kier molecular flexibility index (Phi) is 5.90. The fourth-order valence-corrected chi connectivity index (χ4v) is 4.11. The van der Waals surface area contributed by atoms with Gasteiger partial charge >= 0.3 is 0 Å². The average molecular weight is 426 g/mol. The molecule has 6 nitrogen and oxygen atoms in total. The van der Waals surface area contributed by atoms with Gasteiger partial charge in [0.1, 0.15) is 6.61 Å². The summed E-state index contributed by atoms with van der Waals surface area (Å²) in [5.74, 6) is 2.37. The molecule has 158 valence electrons. The number of nitrogens with zero attached hydrogens (tertiary/aromatic N) is 2. The predicted molar refractivity (Wildman–Crippen MR) is 121 cm³/mol. The number of rotatable bonds is 6. The van der Waals surface area contributed by atoms with Gasteiger partial charge in [0, 0.05) is 34.2 Å². The Morgan fingerprint density at radius 2 is 2.03 bits per heavy atom. The van der Waals surface area contributed by atoms with Crippen molar-refractivity contribution in [3.05, 3.63) is 54.2 Å². The number of para-hydroxylation sites is 2. The van der Waals surface area contributed by atoms with Gasteiger partial charge in [0.15, 0.2) is 17.6 Å². The van der Waals surface area contributed by atoms with E-state index in [1.807, 2.05) is 65.1 Å². The molecule has 2 heterocycles. The van der Waals surface area contributed by atoms with E-state index in [1.165, 1.54) is 0 Å². The predicted octanol–water partition coefficient (Wildman–Crippen LogP) is 4.14. The van der Waals surface area contributed by atoms with E-state index < -0.39 is 0 Å². The molecule has 30 heavy (non-hydrogen) atoms. The number of fused-ring (bicyclic) bond motifs is 2. The Morgan fingerprint density at radius 3 is 2.83 bits per heavy atom. The maximum atomic E-state index is 12.5. The van der Waals surface area contributed by atoms with Gasteiger partial charge in [0.05, 0.1) is 12.1 Å². The highest BCUT2D eigenvalue weighted by molar-refractivity contribution is 8.00. The molecule has 1 aliphatic heterocycles. The maximum Gasteiger partial charge on any atom is 0.251 e. The number of benzene rings is 2. The van der Waals surface area contributed by atoms with Crippen LogP contribution in [-0.2, 0) is 6.54 Å². The SMILES string of the molecule is CC(C)(C)SCCNC(=O)c1ccc2nn(CC3COc4ccccc4O3)cc2c1. The van der Waals surface area contributed by atoms with Crippen LogP contribution in [0.25, 0.3) is 10.9 Å². The Hall–Kier alpha value is -2.67. The molecule has 1 N–H and O–H groups in total. The highest BCUT2D eigenvalue weighted by Gasteiger charge is 2.21. The van der Waals surface area contributed by atoms with Crippen molar-refractivity contribution in [2.75, 3.05) is 18.9 Å². The van der Waals surface area contributed by atoms with Crippen LogP contribution in [0.4, 0.5) is 0 Å². The van der Waals surface area contributed by atoms with E-state index in [2.05, 4.69) is 31.2 Å². The number of carbonyl (C=O) groups excluding carboxylic acids is 1. The molecule has 1 atom stereocenters. The maximum absolute atomic E-state index is 12.5. The van der Waals surface area contributed by atoms with Crippen LogP contribution >= 0.6 is 11.8 Å². The van der Waals surface area contributed by atoms with E-state index in [9.17, 15) is 4.79 Å². The topological polar surface area (TPSA) is 65.4 Å². The minimum atomic E-state index is -0.114. The molecule has 7 heteroatoms. The van der Waals surface area contributed by atoms with Gasteiger partial charge in [-0.05, 0) is 30.3 Å². The third-order valence-corrected chi connectivity index (χ3v) is 5.97. The lowest BCUT2D eigenvalue weighted by atomic mass is 10.1. The third kappa shape index (κ3) is 5.08. The van der Waals surface area contributed by atoms with Crippen LogP contribution in [0.2, 0.25) is 0 Å². The second-order valence-electron chi connectivity index (χ2n) is 8.34. The standard InChI is InChI=1S/C23H27N3O3S/c1-23(2,3)30-11-10-24-22(27)16-8-9-19-17(12-16)13-26(25-19)14-18-15-28-20-6-4-5-7-21(20)29-18/h4-9,12-13,18H,10-11,14-15H2,1-3H3,(H,24,27). The van der Waals surface area contributed by atoms with E-state index in [4.69, 9.17) is 9.47 Å². The fourth-order valence-electron chi connectivity index (χ4n) is 3.30. The fraction of sp³-hybridized carbons (Fsp3) is 0.391. The summed E-state index contributed by atoms with van der Waals surface area (Å²) in [6.07, 6.45) is 1.84. The Labute approximate surface area is 180 Å². The van der Waals surface area contributed by atoms with Gasteiger partial charge in [-0.25, -0.2) is 0 Å². The van der Waals surface area contributed by atoms with Crippen molar-refractivity contribution in [1.29, 1.82) is 0 Å². The molecule has 0 aliphatic carbocycles. The highest BCUT2D eigenvalue weighted by Crippen LogP contribution is 2.31. The zero-order valence-corrected chi connectivity index (χ0v) is 18.4. The number of ether oxygens (including phenoxy) is 2. The number of hydrogen-bond acceptors (Lipinski definition) is 5. The van der Waals surface area contributed by atoms with Crippen molar-refractivity contribution in [1.82, 2.24) is 15.1 Å². The molecule has 0 radical (unpaired) electrons. The molecule has 4 rings (SSSR count). The van der Waals surface area contributed by atoms with Gasteiger partial charge in [-0.15, -0.1) is 0 Å². The van der Waals surface area contributed by atoms with Crippen molar-refractivity contribution in [2.24, 2.45) is 0 Å².